The molecule has 1 aromatic carbocycles. The number of benzene rings is 1. The van der Waals surface area contributed by atoms with Gasteiger partial charge in [-0.2, -0.15) is 0 Å². The second-order valence-electron chi connectivity index (χ2n) is 5.27. The van der Waals surface area contributed by atoms with Crippen molar-refractivity contribution < 1.29 is 0 Å². The van der Waals surface area contributed by atoms with Crippen LogP contribution in [0.15, 0.2) is 42.5 Å². The van der Waals surface area contributed by atoms with E-state index in [0.29, 0.717) is 6.04 Å². The van der Waals surface area contributed by atoms with Crippen LogP contribution in [0.5, 0.6) is 0 Å². The first-order valence-electron chi connectivity index (χ1n) is 6.06. The van der Waals surface area contributed by atoms with Crippen LogP contribution in [0.4, 0.5) is 0 Å². The molecule has 0 unspecified atom stereocenters. The standard InChI is InChI=1S/C15H21N/c1-12-9-10-16-14(15(12,2)3)11-13-7-5-4-6-8-13/h4-8,14,16H,1,9-11H2,2-3H3/t14-/m1/s1. The molecule has 1 N–H and O–H groups in total. The van der Waals surface area contributed by atoms with Crippen molar-refractivity contribution in [1.82, 2.24) is 5.32 Å². The Morgan fingerprint density at radius 2 is 2.00 bits per heavy atom. The molecule has 86 valence electrons. The highest BCUT2D eigenvalue weighted by Gasteiger charge is 2.34. The number of piperidine rings is 1. The molecular weight excluding hydrogens is 194 g/mol. The first-order valence-corrected chi connectivity index (χ1v) is 6.06. The monoisotopic (exact) mass is 215 g/mol. The number of nitrogens with one attached hydrogen (secondary N) is 1. The molecular formula is C15H21N. The van der Waals surface area contributed by atoms with Gasteiger partial charge in [-0.1, -0.05) is 56.3 Å². The van der Waals surface area contributed by atoms with Crippen molar-refractivity contribution in [2.45, 2.75) is 32.7 Å². The summed E-state index contributed by atoms with van der Waals surface area (Å²) in [6.45, 7) is 9.89. The zero-order valence-electron chi connectivity index (χ0n) is 10.3. The Labute approximate surface area is 98.6 Å². The summed E-state index contributed by atoms with van der Waals surface area (Å²) in [6, 6.07) is 11.2. The molecule has 0 aromatic heterocycles. The van der Waals surface area contributed by atoms with E-state index >= 15 is 0 Å². The van der Waals surface area contributed by atoms with Crippen molar-refractivity contribution in [3.63, 3.8) is 0 Å². The Bertz CT molecular complexity index is 364. The maximum Gasteiger partial charge on any atom is 0.0196 e. The molecule has 0 spiro atoms. The number of rotatable bonds is 2. The average Bonchev–Trinajstić information content (AvgIpc) is 2.27. The van der Waals surface area contributed by atoms with Gasteiger partial charge >= 0.3 is 0 Å². The van der Waals surface area contributed by atoms with E-state index in [0.717, 1.165) is 19.4 Å². The highest BCUT2D eigenvalue weighted by molar-refractivity contribution is 5.21. The third-order valence-electron chi connectivity index (χ3n) is 3.88. The molecule has 1 aliphatic heterocycles. The predicted molar refractivity (Wildman–Crippen MR) is 69.5 cm³/mol. The largest absolute Gasteiger partial charge is 0.312 e. The Morgan fingerprint density at radius 1 is 1.31 bits per heavy atom. The van der Waals surface area contributed by atoms with Gasteiger partial charge in [0.25, 0.3) is 0 Å². The minimum absolute atomic E-state index is 0.202. The van der Waals surface area contributed by atoms with Gasteiger partial charge in [-0.05, 0) is 24.9 Å². The Morgan fingerprint density at radius 3 is 2.69 bits per heavy atom. The Balaban J connectivity index is 2.12. The lowest BCUT2D eigenvalue weighted by molar-refractivity contribution is 0.251. The van der Waals surface area contributed by atoms with Crippen molar-refractivity contribution in [2.24, 2.45) is 5.41 Å². The Hall–Kier alpha value is -1.08. The lowest BCUT2D eigenvalue weighted by Crippen LogP contribution is -2.49. The number of hydrogen-bond acceptors (Lipinski definition) is 1. The quantitative estimate of drug-likeness (QED) is 0.747. The highest BCUT2D eigenvalue weighted by Crippen LogP contribution is 2.35. The van der Waals surface area contributed by atoms with Gasteiger partial charge < -0.3 is 5.32 Å². The number of hydrogen-bond donors (Lipinski definition) is 1. The van der Waals surface area contributed by atoms with Crippen molar-refractivity contribution >= 4 is 0 Å². The van der Waals surface area contributed by atoms with Crippen LogP contribution in [0, 0.1) is 5.41 Å². The van der Waals surface area contributed by atoms with Crippen LogP contribution in [0.25, 0.3) is 0 Å². The van der Waals surface area contributed by atoms with Crippen molar-refractivity contribution in [2.75, 3.05) is 6.54 Å². The summed E-state index contributed by atoms with van der Waals surface area (Å²) >= 11 is 0. The molecule has 1 atom stereocenters. The summed E-state index contributed by atoms with van der Waals surface area (Å²) in [4.78, 5) is 0. The summed E-state index contributed by atoms with van der Waals surface area (Å²) < 4.78 is 0. The summed E-state index contributed by atoms with van der Waals surface area (Å²) in [5.41, 5.74) is 2.99. The van der Waals surface area contributed by atoms with E-state index in [1.165, 1.54) is 11.1 Å². The Kier molecular flexibility index (Phi) is 3.15. The van der Waals surface area contributed by atoms with E-state index in [2.05, 4.69) is 56.1 Å². The zero-order valence-corrected chi connectivity index (χ0v) is 10.3. The van der Waals surface area contributed by atoms with Crippen LogP contribution >= 0.6 is 0 Å². The van der Waals surface area contributed by atoms with Gasteiger partial charge in [-0.25, -0.2) is 0 Å². The summed E-state index contributed by atoms with van der Waals surface area (Å²) in [5.74, 6) is 0. The molecule has 0 saturated carbocycles. The van der Waals surface area contributed by atoms with E-state index in [-0.39, 0.29) is 5.41 Å². The van der Waals surface area contributed by atoms with Gasteiger partial charge in [0, 0.05) is 11.5 Å². The van der Waals surface area contributed by atoms with Gasteiger partial charge in [-0.15, -0.1) is 0 Å². The molecule has 0 radical (unpaired) electrons. The molecule has 0 aliphatic carbocycles. The zero-order chi connectivity index (χ0) is 11.6. The first kappa shape index (κ1) is 11.4. The van der Waals surface area contributed by atoms with Crippen molar-refractivity contribution in [3.8, 4) is 0 Å². The summed E-state index contributed by atoms with van der Waals surface area (Å²) in [6.07, 6.45) is 2.20. The van der Waals surface area contributed by atoms with Crippen LogP contribution in [-0.4, -0.2) is 12.6 Å². The lowest BCUT2D eigenvalue weighted by atomic mass is 9.72. The van der Waals surface area contributed by atoms with Gasteiger partial charge in [0.15, 0.2) is 0 Å². The topological polar surface area (TPSA) is 12.0 Å². The van der Waals surface area contributed by atoms with Crippen LogP contribution in [-0.2, 0) is 6.42 Å². The smallest absolute Gasteiger partial charge is 0.0196 e. The maximum atomic E-state index is 4.22. The summed E-state index contributed by atoms with van der Waals surface area (Å²) in [7, 11) is 0. The molecule has 16 heavy (non-hydrogen) atoms. The normalized spacial score (nSPS) is 24.4. The third kappa shape index (κ3) is 2.19. The molecule has 1 fully saturated rings. The average molecular weight is 215 g/mol. The van der Waals surface area contributed by atoms with E-state index < -0.39 is 0 Å². The second kappa shape index (κ2) is 4.42. The molecule has 1 nitrogen and oxygen atoms in total. The van der Waals surface area contributed by atoms with Crippen LogP contribution in [0.1, 0.15) is 25.8 Å². The fraction of sp³-hybridized carbons (Fsp3) is 0.467. The van der Waals surface area contributed by atoms with Crippen LogP contribution < -0.4 is 5.32 Å². The molecule has 1 aromatic rings. The van der Waals surface area contributed by atoms with Gasteiger partial charge in [0.05, 0.1) is 0 Å². The van der Waals surface area contributed by atoms with E-state index in [1.807, 2.05) is 0 Å². The molecule has 0 amide bonds. The van der Waals surface area contributed by atoms with Gasteiger partial charge in [0.2, 0.25) is 0 Å². The first-order chi connectivity index (χ1) is 7.60. The highest BCUT2D eigenvalue weighted by atomic mass is 14.9. The van der Waals surface area contributed by atoms with Crippen LogP contribution in [0.3, 0.4) is 0 Å². The maximum absolute atomic E-state index is 4.22. The fourth-order valence-corrected chi connectivity index (χ4v) is 2.40. The molecule has 1 aliphatic rings. The van der Waals surface area contributed by atoms with Crippen molar-refractivity contribution in [3.05, 3.63) is 48.0 Å². The van der Waals surface area contributed by atoms with Crippen LogP contribution in [0.2, 0.25) is 0 Å². The third-order valence-corrected chi connectivity index (χ3v) is 3.88. The van der Waals surface area contributed by atoms with Gasteiger partial charge in [-0.3, -0.25) is 0 Å². The summed E-state index contributed by atoms with van der Waals surface area (Å²) in [5, 5.41) is 3.63. The molecule has 2 rings (SSSR count). The predicted octanol–water partition coefficient (Wildman–Crippen LogP) is 3.17. The minimum atomic E-state index is 0.202. The SMILES string of the molecule is C=C1CCN[C@H](Cc2ccccc2)C1(C)C. The lowest BCUT2D eigenvalue weighted by Gasteiger charge is -2.41. The van der Waals surface area contributed by atoms with Crippen molar-refractivity contribution in [1.29, 1.82) is 0 Å². The molecule has 1 saturated heterocycles. The van der Waals surface area contributed by atoms with E-state index in [4.69, 9.17) is 0 Å². The molecule has 1 heterocycles. The van der Waals surface area contributed by atoms with E-state index in [9.17, 15) is 0 Å². The van der Waals surface area contributed by atoms with Gasteiger partial charge in [0.1, 0.15) is 0 Å². The fourth-order valence-electron chi connectivity index (χ4n) is 2.40. The van der Waals surface area contributed by atoms with E-state index in [1.54, 1.807) is 0 Å². The molecule has 1 heteroatoms. The minimum Gasteiger partial charge on any atom is -0.312 e. The molecule has 0 bridgehead atoms. The second-order valence-corrected chi connectivity index (χ2v) is 5.27.